The van der Waals surface area contributed by atoms with Crippen molar-refractivity contribution in [2.75, 3.05) is 0 Å². The zero-order valence-electron chi connectivity index (χ0n) is 8.88. The molecule has 0 saturated heterocycles. The number of hydrogen-bond donors (Lipinski definition) is 0. The highest BCUT2D eigenvalue weighted by atomic mass is 16.5. The summed E-state index contributed by atoms with van der Waals surface area (Å²) >= 11 is 0. The van der Waals surface area contributed by atoms with E-state index in [-0.39, 0.29) is 0 Å². The average molecular weight is 213 g/mol. The second kappa shape index (κ2) is 4.57. The molecule has 0 N–H and O–H groups in total. The predicted octanol–water partition coefficient (Wildman–Crippen LogP) is 2.61. The van der Waals surface area contributed by atoms with Gasteiger partial charge in [-0.25, -0.2) is 9.78 Å². The molecule has 0 aliphatic carbocycles. The van der Waals surface area contributed by atoms with Gasteiger partial charge in [0, 0.05) is 11.8 Å². The van der Waals surface area contributed by atoms with E-state index in [2.05, 4.69) is 4.98 Å². The molecule has 3 nitrogen and oxygen atoms in total. The minimum atomic E-state index is -0.390. The number of benzene rings is 1. The fraction of sp³-hybridized carbons (Fsp3) is 0.0769. The minimum Gasteiger partial charge on any atom is -0.404 e. The summed E-state index contributed by atoms with van der Waals surface area (Å²) in [6.45, 7) is 1.85. The molecular formula is C13H11NO2. The summed E-state index contributed by atoms with van der Waals surface area (Å²) in [7, 11) is 0. The lowest BCUT2D eigenvalue weighted by Gasteiger charge is -2.03. The maximum absolute atomic E-state index is 11.7. The van der Waals surface area contributed by atoms with Crippen LogP contribution in [-0.2, 0) is 0 Å². The highest BCUT2D eigenvalue weighted by Gasteiger charge is 2.07. The molecule has 0 bridgehead atoms. The van der Waals surface area contributed by atoms with Gasteiger partial charge in [0.05, 0.1) is 5.56 Å². The van der Waals surface area contributed by atoms with E-state index < -0.39 is 5.97 Å². The SMILES string of the molecule is Cc1cccc(OC(=O)c2ccccc2)n1. The third-order valence-electron chi connectivity index (χ3n) is 2.07. The highest BCUT2D eigenvalue weighted by molar-refractivity contribution is 5.90. The van der Waals surface area contributed by atoms with Gasteiger partial charge in [0.1, 0.15) is 0 Å². The molecule has 0 unspecified atom stereocenters. The largest absolute Gasteiger partial charge is 0.404 e. The van der Waals surface area contributed by atoms with Crippen LogP contribution >= 0.6 is 0 Å². The lowest BCUT2D eigenvalue weighted by molar-refractivity contribution is 0.0727. The van der Waals surface area contributed by atoms with Crippen LogP contribution in [0.1, 0.15) is 16.1 Å². The predicted molar refractivity (Wildman–Crippen MR) is 60.4 cm³/mol. The van der Waals surface area contributed by atoms with E-state index in [1.807, 2.05) is 19.1 Å². The molecule has 2 aromatic rings. The molecule has 80 valence electrons. The summed E-state index contributed by atoms with van der Waals surface area (Å²) in [5, 5.41) is 0. The Labute approximate surface area is 93.7 Å². The average Bonchev–Trinajstić information content (AvgIpc) is 2.30. The van der Waals surface area contributed by atoms with E-state index in [1.165, 1.54) is 0 Å². The van der Waals surface area contributed by atoms with Gasteiger partial charge in [0.25, 0.3) is 0 Å². The Morgan fingerprint density at radius 1 is 1.06 bits per heavy atom. The molecule has 1 aromatic carbocycles. The molecule has 3 heteroatoms. The Kier molecular flexibility index (Phi) is 2.96. The van der Waals surface area contributed by atoms with Crippen LogP contribution in [0.4, 0.5) is 0 Å². The lowest BCUT2D eigenvalue weighted by atomic mass is 10.2. The van der Waals surface area contributed by atoms with Gasteiger partial charge in [-0.3, -0.25) is 0 Å². The van der Waals surface area contributed by atoms with Crippen LogP contribution in [0, 0.1) is 6.92 Å². The molecule has 0 atom stereocenters. The molecule has 16 heavy (non-hydrogen) atoms. The quantitative estimate of drug-likeness (QED) is 0.720. The van der Waals surface area contributed by atoms with Crippen molar-refractivity contribution < 1.29 is 9.53 Å². The van der Waals surface area contributed by atoms with Crippen molar-refractivity contribution in [1.82, 2.24) is 4.98 Å². The van der Waals surface area contributed by atoms with Gasteiger partial charge in [0.2, 0.25) is 5.88 Å². The number of nitrogens with zero attached hydrogens (tertiary/aromatic N) is 1. The first-order valence-corrected chi connectivity index (χ1v) is 4.96. The summed E-state index contributed by atoms with van der Waals surface area (Å²) in [5.74, 6) is -0.0625. The Morgan fingerprint density at radius 3 is 2.50 bits per heavy atom. The van der Waals surface area contributed by atoms with Crippen LogP contribution < -0.4 is 4.74 Å². The van der Waals surface area contributed by atoms with Crippen molar-refractivity contribution in [3.63, 3.8) is 0 Å². The zero-order chi connectivity index (χ0) is 11.4. The summed E-state index contributed by atoms with van der Waals surface area (Å²) in [6, 6.07) is 14.2. The third kappa shape index (κ3) is 2.45. The minimum absolute atomic E-state index is 0.328. The molecule has 0 amide bonds. The first kappa shape index (κ1) is 10.4. The van der Waals surface area contributed by atoms with Gasteiger partial charge < -0.3 is 4.74 Å². The van der Waals surface area contributed by atoms with Crippen molar-refractivity contribution in [1.29, 1.82) is 0 Å². The van der Waals surface area contributed by atoms with E-state index >= 15 is 0 Å². The number of esters is 1. The van der Waals surface area contributed by atoms with Gasteiger partial charge in [-0.1, -0.05) is 24.3 Å². The molecular weight excluding hydrogens is 202 g/mol. The number of pyridine rings is 1. The Morgan fingerprint density at radius 2 is 1.81 bits per heavy atom. The van der Waals surface area contributed by atoms with Crippen LogP contribution in [0.2, 0.25) is 0 Å². The molecule has 0 radical (unpaired) electrons. The smallest absolute Gasteiger partial charge is 0.344 e. The number of aryl methyl sites for hydroxylation is 1. The molecule has 2 rings (SSSR count). The standard InChI is InChI=1S/C13H11NO2/c1-10-6-5-9-12(14-10)16-13(15)11-7-3-2-4-8-11/h2-9H,1H3. The van der Waals surface area contributed by atoms with Crippen LogP contribution in [0.25, 0.3) is 0 Å². The highest BCUT2D eigenvalue weighted by Crippen LogP contribution is 2.09. The summed E-state index contributed by atoms with van der Waals surface area (Å²) in [6.07, 6.45) is 0. The molecule has 0 aliphatic heterocycles. The number of hydrogen-bond acceptors (Lipinski definition) is 3. The molecule has 0 saturated carbocycles. The normalized spacial score (nSPS) is 9.81. The molecule has 1 heterocycles. The maximum atomic E-state index is 11.7. The van der Waals surface area contributed by atoms with E-state index in [9.17, 15) is 4.79 Å². The van der Waals surface area contributed by atoms with E-state index in [4.69, 9.17) is 4.74 Å². The molecule has 0 spiro atoms. The number of rotatable bonds is 2. The number of ether oxygens (including phenoxy) is 1. The van der Waals surface area contributed by atoms with Crippen molar-refractivity contribution in [3.8, 4) is 5.88 Å². The monoisotopic (exact) mass is 213 g/mol. The maximum Gasteiger partial charge on any atom is 0.344 e. The molecule has 1 aromatic heterocycles. The topological polar surface area (TPSA) is 39.2 Å². The third-order valence-corrected chi connectivity index (χ3v) is 2.07. The van der Waals surface area contributed by atoms with Crippen LogP contribution in [0.5, 0.6) is 5.88 Å². The first-order valence-electron chi connectivity index (χ1n) is 4.96. The Hall–Kier alpha value is -2.16. The second-order valence-electron chi connectivity index (χ2n) is 3.37. The zero-order valence-corrected chi connectivity index (χ0v) is 8.88. The van der Waals surface area contributed by atoms with Crippen LogP contribution in [-0.4, -0.2) is 11.0 Å². The van der Waals surface area contributed by atoms with Gasteiger partial charge >= 0.3 is 5.97 Å². The Balaban J connectivity index is 2.14. The fourth-order valence-corrected chi connectivity index (χ4v) is 1.30. The number of carbonyl (C=O) groups is 1. The number of aromatic nitrogens is 1. The van der Waals surface area contributed by atoms with Crippen molar-refractivity contribution in [2.45, 2.75) is 6.92 Å². The molecule has 0 fully saturated rings. The van der Waals surface area contributed by atoms with Crippen LogP contribution in [0.15, 0.2) is 48.5 Å². The van der Waals surface area contributed by atoms with Crippen LogP contribution in [0.3, 0.4) is 0 Å². The summed E-state index contributed by atoms with van der Waals surface area (Å²) in [5.41, 5.74) is 1.34. The van der Waals surface area contributed by atoms with Crippen molar-refractivity contribution >= 4 is 5.97 Å². The van der Waals surface area contributed by atoms with Crippen molar-refractivity contribution in [2.24, 2.45) is 0 Å². The second-order valence-corrected chi connectivity index (χ2v) is 3.37. The van der Waals surface area contributed by atoms with Crippen molar-refractivity contribution in [3.05, 3.63) is 59.8 Å². The van der Waals surface area contributed by atoms with Gasteiger partial charge in [-0.2, -0.15) is 0 Å². The summed E-state index contributed by atoms with van der Waals surface area (Å²) < 4.78 is 5.13. The summed E-state index contributed by atoms with van der Waals surface area (Å²) in [4.78, 5) is 15.8. The fourth-order valence-electron chi connectivity index (χ4n) is 1.30. The Bertz CT molecular complexity index is 494. The van der Waals surface area contributed by atoms with E-state index in [0.717, 1.165) is 5.69 Å². The number of carbonyl (C=O) groups excluding carboxylic acids is 1. The van der Waals surface area contributed by atoms with E-state index in [1.54, 1.807) is 36.4 Å². The lowest BCUT2D eigenvalue weighted by Crippen LogP contribution is -2.09. The van der Waals surface area contributed by atoms with Gasteiger partial charge in [-0.05, 0) is 25.1 Å². The first-order chi connectivity index (χ1) is 7.75. The van der Waals surface area contributed by atoms with E-state index in [0.29, 0.717) is 11.4 Å². The molecule has 0 aliphatic rings. The van der Waals surface area contributed by atoms with Gasteiger partial charge in [0.15, 0.2) is 0 Å². The van der Waals surface area contributed by atoms with Gasteiger partial charge in [-0.15, -0.1) is 0 Å².